The van der Waals surface area contributed by atoms with Crippen molar-refractivity contribution in [1.82, 2.24) is 5.48 Å². The third-order valence-electron chi connectivity index (χ3n) is 2.93. The van der Waals surface area contributed by atoms with E-state index in [9.17, 15) is 0 Å². The molecule has 1 aliphatic heterocycles. The molecule has 1 fully saturated rings. The average molecular weight is 199 g/mol. The predicted molar refractivity (Wildman–Crippen MR) is 60.4 cm³/mol. The predicted octanol–water partition coefficient (Wildman–Crippen LogP) is 2.81. The van der Waals surface area contributed by atoms with Crippen molar-refractivity contribution in [2.75, 3.05) is 6.61 Å². The number of nitrogens with one attached hydrogen (secondary N) is 1. The van der Waals surface area contributed by atoms with Gasteiger partial charge in [0.15, 0.2) is 0 Å². The van der Waals surface area contributed by atoms with Gasteiger partial charge in [0.05, 0.1) is 12.6 Å². The van der Waals surface area contributed by atoms with E-state index >= 15 is 0 Å². The Morgan fingerprint density at radius 2 is 1.93 bits per heavy atom. The van der Waals surface area contributed by atoms with E-state index in [0.717, 1.165) is 13.0 Å². The van der Waals surface area contributed by atoms with Crippen molar-refractivity contribution in [3.05, 3.63) is 48.0 Å². The minimum Gasteiger partial charge on any atom is -0.301 e. The zero-order valence-corrected chi connectivity index (χ0v) is 8.44. The van der Waals surface area contributed by atoms with Crippen LogP contribution in [0.25, 0.3) is 10.8 Å². The molecule has 0 aliphatic carbocycles. The zero-order chi connectivity index (χ0) is 10.1. The number of rotatable bonds is 1. The molecule has 76 valence electrons. The molecule has 2 aromatic rings. The molecule has 3 rings (SSSR count). The van der Waals surface area contributed by atoms with Gasteiger partial charge in [-0.1, -0.05) is 42.5 Å². The highest BCUT2D eigenvalue weighted by molar-refractivity contribution is 5.86. The van der Waals surface area contributed by atoms with Crippen LogP contribution in [0.1, 0.15) is 18.0 Å². The topological polar surface area (TPSA) is 21.3 Å². The molecular formula is C13H13NO. The third-order valence-corrected chi connectivity index (χ3v) is 2.93. The first-order valence-electron chi connectivity index (χ1n) is 5.30. The Balaban J connectivity index is 2.16. The van der Waals surface area contributed by atoms with Crippen LogP contribution in [0, 0.1) is 0 Å². The molecule has 15 heavy (non-hydrogen) atoms. The van der Waals surface area contributed by atoms with E-state index in [1.807, 2.05) is 0 Å². The van der Waals surface area contributed by atoms with Gasteiger partial charge in [-0.3, -0.25) is 0 Å². The van der Waals surface area contributed by atoms with Gasteiger partial charge in [-0.05, 0) is 22.8 Å². The van der Waals surface area contributed by atoms with E-state index in [0.29, 0.717) is 6.04 Å². The SMILES string of the molecule is c1ccc2c([C@H]3CCON3)cccc2c1. The van der Waals surface area contributed by atoms with Crippen LogP contribution in [0.5, 0.6) is 0 Å². The Labute approximate surface area is 88.8 Å². The summed E-state index contributed by atoms with van der Waals surface area (Å²) in [6.07, 6.45) is 1.05. The summed E-state index contributed by atoms with van der Waals surface area (Å²) in [4.78, 5) is 5.21. The van der Waals surface area contributed by atoms with Crippen molar-refractivity contribution in [2.45, 2.75) is 12.5 Å². The molecule has 0 aromatic heterocycles. The second kappa shape index (κ2) is 3.65. The van der Waals surface area contributed by atoms with E-state index in [1.54, 1.807) is 0 Å². The number of fused-ring (bicyclic) bond motifs is 1. The monoisotopic (exact) mass is 199 g/mol. The lowest BCUT2D eigenvalue weighted by molar-refractivity contribution is 0.0885. The normalized spacial score (nSPS) is 20.9. The highest BCUT2D eigenvalue weighted by Crippen LogP contribution is 2.28. The van der Waals surface area contributed by atoms with Crippen LogP contribution >= 0.6 is 0 Å². The van der Waals surface area contributed by atoms with Gasteiger partial charge in [0.1, 0.15) is 0 Å². The summed E-state index contributed by atoms with van der Waals surface area (Å²) in [5.41, 5.74) is 4.40. The van der Waals surface area contributed by atoms with Gasteiger partial charge in [0.2, 0.25) is 0 Å². The van der Waals surface area contributed by atoms with Crippen LogP contribution in [0.3, 0.4) is 0 Å². The first kappa shape index (κ1) is 8.89. The molecule has 0 saturated carbocycles. The maximum Gasteiger partial charge on any atom is 0.0701 e. The second-order valence-electron chi connectivity index (χ2n) is 3.88. The van der Waals surface area contributed by atoms with E-state index in [1.165, 1.54) is 16.3 Å². The van der Waals surface area contributed by atoms with E-state index < -0.39 is 0 Å². The summed E-state index contributed by atoms with van der Waals surface area (Å²) in [6, 6.07) is 15.3. The molecule has 2 heteroatoms. The van der Waals surface area contributed by atoms with Crippen LogP contribution < -0.4 is 5.48 Å². The van der Waals surface area contributed by atoms with Crippen LogP contribution in [-0.4, -0.2) is 6.61 Å². The maximum absolute atomic E-state index is 5.21. The molecule has 0 unspecified atom stereocenters. The molecule has 0 bridgehead atoms. The summed E-state index contributed by atoms with van der Waals surface area (Å²) in [7, 11) is 0. The van der Waals surface area contributed by atoms with Crippen molar-refractivity contribution in [3.63, 3.8) is 0 Å². The number of benzene rings is 2. The van der Waals surface area contributed by atoms with Crippen molar-refractivity contribution in [3.8, 4) is 0 Å². The summed E-state index contributed by atoms with van der Waals surface area (Å²) in [5.74, 6) is 0. The van der Waals surface area contributed by atoms with Gasteiger partial charge in [-0.2, -0.15) is 5.48 Å². The first-order valence-corrected chi connectivity index (χ1v) is 5.30. The fraction of sp³-hybridized carbons (Fsp3) is 0.231. The zero-order valence-electron chi connectivity index (χ0n) is 8.44. The molecule has 2 nitrogen and oxygen atoms in total. The Morgan fingerprint density at radius 1 is 1.07 bits per heavy atom. The van der Waals surface area contributed by atoms with Crippen molar-refractivity contribution >= 4 is 10.8 Å². The third kappa shape index (κ3) is 1.52. The van der Waals surface area contributed by atoms with Gasteiger partial charge < -0.3 is 4.84 Å². The van der Waals surface area contributed by atoms with E-state index in [-0.39, 0.29) is 0 Å². The molecule has 1 saturated heterocycles. The Kier molecular flexibility index (Phi) is 2.16. The second-order valence-corrected chi connectivity index (χ2v) is 3.88. The molecule has 1 N–H and O–H groups in total. The Hall–Kier alpha value is -1.38. The van der Waals surface area contributed by atoms with Gasteiger partial charge in [-0.15, -0.1) is 0 Å². The number of hydroxylamine groups is 1. The summed E-state index contributed by atoms with van der Waals surface area (Å²) >= 11 is 0. The highest BCUT2D eigenvalue weighted by Gasteiger charge is 2.18. The minimum atomic E-state index is 0.344. The highest BCUT2D eigenvalue weighted by atomic mass is 16.7. The quantitative estimate of drug-likeness (QED) is 0.762. The van der Waals surface area contributed by atoms with Gasteiger partial charge >= 0.3 is 0 Å². The van der Waals surface area contributed by atoms with E-state index in [2.05, 4.69) is 47.9 Å². The van der Waals surface area contributed by atoms with Gasteiger partial charge in [0, 0.05) is 0 Å². The van der Waals surface area contributed by atoms with Crippen LogP contribution in [-0.2, 0) is 4.84 Å². The largest absolute Gasteiger partial charge is 0.301 e. The lowest BCUT2D eigenvalue weighted by Gasteiger charge is -2.11. The molecule has 0 amide bonds. The molecule has 0 radical (unpaired) electrons. The summed E-state index contributed by atoms with van der Waals surface area (Å²) in [6.45, 7) is 0.799. The lowest BCUT2D eigenvalue weighted by atomic mass is 9.98. The average Bonchev–Trinajstić information content (AvgIpc) is 2.82. The summed E-state index contributed by atoms with van der Waals surface area (Å²) < 4.78 is 0. The maximum atomic E-state index is 5.21. The molecule has 1 atom stereocenters. The molecular weight excluding hydrogens is 186 g/mol. The Bertz CT molecular complexity index is 469. The standard InChI is InChI=1S/C13H13NO/c1-2-6-11-10(4-1)5-3-7-12(11)13-8-9-15-14-13/h1-7,13-14H,8-9H2/t13-/m1/s1. The minimum absolute atomic E-state index is 0.344. The fourth-order valence-electron chi connectivity index (χ4n) is 2.17. The van der Waals surface area contributed by atoms with Crippen LogP contribution in [0.2, 0.25) is 0 Å². The number of hydrogen-bond donors (Lipinski definition) is 1. The molecule has 0 spiro atoms. The van der Waals surface area contributed by atoms with Crippen molar-refractivity contribution < 1.29 is 4.84 Å². The van der Waals surface area contributed by atoms with Crippen LogP contribution in [0.15, 0.2) is 42.5 Å². The molecule has 1 heterocycles. The van der Waals surface area contributed by atoms with Gasteiger partial charge in [-0.25, -0.2) is 0 Å². The van der Waals surface area contributed by atoms with Crippen LogP contribution in [0.4, 0.5) is 0 Å². The summed E-state index contributed by atoms with van der Waals surface area (Å²) in [5, 5.41) is 2.62. The fourth-order valence-corrected chi connectivity index (χ4v) is 2.17. The molecule has 1 aliphatic rings. The van der Waals surface area contributed by atoms with Crippen molar-refractivity contribution in [2.24, 2.45) is 0 Å². The van der Waals surface area contributed by atoms with Crippen molar-refractivity contribution in [1.29, 1.82) is 0 Å². The van der Waals surface area contributed by atoms with E-state index in [4.69, 9.17) is 4.84 Å². The Morgan fingerprint density at radius 3 is 2.80 bits per heavy atom. The lowest BCUT2D eigenvalue weighted by Crippen LogP contribution is -2.11. The smallest absolute Gasteiger partial charge is 0.0701 e. The van der Waals surface area contributed by atoms with Gasteiger partial charge in [0.25, 0.3) is 0 Å². The first-order chi connectivity index (χ1) is 7.45. The number of hydrogen-bond acceptors (Lipinski definition) is 2. The molecule has 2 aromatic carbocycles.